The van der Waals surface area contributed by atoms with Gasteiger partial charge in [-0.05, 0) is 92.4 Å². The van der Waals surface area contributed by atoms with Crippen molar-refractivity contribution < 1.29 is 111 Å². The summed E-state index contributed by atoms with van der Waals surface area (Å²) in [4.78, 5) is 0.481. The molecule has 30 heteroatoms. The van der Waals surface area contributed by atoms with Crippen molar-refractivity contribution in [3.05, 3.63) is 220 Å². The molecule has 0 aliphatic heterocycles. The molecule has 0 aliphatic rings. The van der Waals surface area contributed by atoms with Gasteiger partial charge in [0.1, 0.15) is 58.2 Å². The molecule has 0 bridgehead atoms. The van der Waals surface area contributed by atoms with Crippen LogP contribution in [0.1, 0.15) is 2.85 Å². The Hall–Kier alpha value is -3.41. The van der Waals surface area contributed by atoms with Crippen LogP contribution >= 0.6 is 15.9 Å². The summed E-state index contributed by atoms with van der Waals surface area (Å²) in [5.74, 6) is -7.74. The molecule has 0 N–H and O–H groups in total. The van der Waals surface area contributed by atoms with Crippen molar-refractivity contribution in [2.45, 2.75) is 49.6 Å². The molecule has 0 radical (unpaired) electrons. The predicted octanol–water partition coefficient (Wildman–Crippen LogP) is 10.4. The predicted molar refractivity (Wildman–Crippen MR) is 267 cm³/mol. The first-order valence-corrected chi connectivity index (χ1v) is 29.5. The topological polar surface area (TPSA) is 118 Å². The van der Waals surface area contributed by atoms with Gasteiger partial charge in [0.25, 0.3) is 10.1 Å². The number of benzene rings is 7. The number of rotatable bonds is 7. The van der Waals surface area contributed by atoms with Crippen molar-refractivity contribution in [1.82, 2.24) is 0 Å². The minimum absolute atomic E-state index is 0. The van der Waals surface area contributed by atoms with E-state index in [9.17, 15) is 74.1 Å². The van der Waals surface area contributed by atoms with Crippen molar-refractivity contribution >= 4 is 112 Å². The van der Waals surface area contributed by atoms with Gasteiger partial charge >= 0.3 is 51.6 Å². The second kappa shape index (κ2) is 34.7. The fourth-order valence-electron chi connectivity index (χ4n) is 4.93. The molecule has 77 heavy (non-hydrogen) atoms. The first-order chi connectivity index (χ1) is 34.0. The zero-order valence-electron chi connectivity index (χ0n) is 41.8. The monoisotopic (exact) mass is 1340 g/mol. The third-order valence-corrected chi connectivity index (χ3v) is 15.3. The maximum Gasteiger partial charge on any atom is 2.00 e. The Balaban J connectivity index is -0.000000453. The fraction of sp³-hybridized carbons (Fsp3) is 0.106. The van der Waals surface area contributed by atoms with Crippen LogP contribution in [0.5, 0.6) is 0 Å². The van der Waals surface area contributed by atoms with Gasteiger partial charge in [-0.15, -0.1) is 12.1 Å². The number of hydrogen-bond acceptors (Lipinski definition) is 7. The summed E-state index contributed by atoms with van der Waals surface area (Å²) in [6.07, 6.45) is 1.07. The molecule has 7 aromatic carbocycles. The normalized spacial score (nSPS) is 10.8. The Kier molecular flexibility index (Phi) is 34.1. The molecule has 0 unspecified atom stereocenters. The van der Waals surface area contributed by atoms with Crippen LogP contribution < -0.4 is 17.0 Å². The van der Waals surface area contributed by atoms with Crippen molar-refractivity contribution in [2.24, 2.45) is 0 Å². The van der Waals surface area contributed by atoms with Gasteiger partial charge in [-0.2, -0.15) is 31.4 Å². The van der Waals surface area contributed by atoms with Crippen molar-refractivity contribution in [3.63, 3.8) is 0 Å². The summed E-state index contributed by atoms with van der Waals surface area (Å²) in [5.41, 5.74) is -5.65. The summed E-state index contributed by atoms with van der Waals surface area (Å²) in [6, 6.07) is 30.3. The molecule has 0 atom stereocenters. The van der Waals surface area contributed by atoms with E-state index >= 15 is 0 Å². The fourth-order valence-corrected chi connectivity index (χ4v) is 12.1. The molecule has 0 fully saturated rings. The van der Waals surface area contributed by atoms with E-state index in [0.29, 0.717) is 29.2 Å². The van der Waals surface area contributed by atoms with Crippen LogP contribution in [0.4, 0.5) is 61.5 Å². The van der Waals surface area contributed by atoms with E-state index in [-0.39, 0.29) is 97.2 Å². The second-order valence-corrected chi connectivity index (χ2v) is 27.0. The molecule has 7 rings (SSSR count). The Labute approximate surface area is 494 Å². The molecular weight excluding hydrogens is 1310 g/mol. The van der Waals surface area contributed by atoms with Crippen LogP contribution in [0.3, 0.4) is 0 Å². The Morgan fingerprint density at radius 1 is 0.519 bits per heavy atom. The average molecular weight is 1350 g/mol. The maximum absolute atomic E-state index is 13.6. The van der Waals surface area contributed by atoms with Gasteiger partial charge in [0.2, 0.25) is 8.32 Å². The first kappa shape index (κ1) is 75.7. The average Bonchev–Trinajstić information content (AvgIpc) is 3.23. The molecule has 0 aliphatic carbocycles. The van der Waals surface area contributed by atoms with Gasteiger partial charge in [-0.1, -0.05) is 15.9 Å². The van der Waals surface area contributed by atoms with E-state index in [4.69, 9.17) is 16.8 Å². The summed E-state index contributed by atoms with van der Waals surface area (Å²) < 4.78 is 241. The van der Waals surface area contributed by atoms with Gasteiger partial charge in [-0.3, -0.25) is 0 Å². The van der Waals surface area contributed by atoms with E-state index in [1.807, 2.05) is 19.6 Å². The quantitative estimate of drug-likeness (QED) is 0.0390. The smallest absolute Gasteiger partial charge is 1.00 e. The number of halogens is 16. The van der Waals surface area contributed by atoms with E-state index < -0.39 is 108 Å². The summed E-state index contributed by atoms with van der Waals surface area (Å²) in [7, 11) is -14.4. The van der Waals surface area contributed by atoms with Gasteiger partial charge in [-0.25, -0.2) is 69.3 Å². The zero-order valence-corrected chi connectivity index (χ0v) is 50.1. The third kappa shape index (κ3) is 31.2. The minimum atomic E-state index is -6.09. The second-order valence-electron chi connectivity index (χ2n) is 14.9. The Morgan fingerprint density at radius 2 is 0.792 bits per heavy atom. The Morgan fingerprint density at radius 3 is 1.01 bits per heavy atom. The van der Waals surface area contributed by atoms with Crippen LogP contribution in [0.15, 0.2) is 175 Å². The van der Waals surface area contributed by atoms with Crippen LogP contribution in [0.25, 0.3) is 0 Å². The zero-order chi connectivity index (χ0) is 56.4. The van der Waals surface area contributed by atoms with E-state index in [0.717, 1.165) is 59.3 Å². The molecule has 0 saturated heterocycles. The van der Waals surface area contributed by atoms with E-state index in [1.165, 1.54) is 60.7 Å². The van der Waals surface area contributed by atoms with Gasteiger partial charge in [0.15, 0.2) is 24.8 Å². The van der Waals surface area contributed by atoms with Crippen molar-refractivity contribution in [2.75, 3.05) is 6.26 Å². The Bertz CT molecular complexity index is 3000. The number of alkyl halides is 3. The molecular formula is C47H38Br2F14Mg2O7S4Si. The van der Waals surface area contributed by atoms with E-state index in [2.05, 4.69) is 22.0 Å². The van der Waals surface area contributed by atoms with Gasteiger partial charge < -0.3 is 28.3 Å². The van der Waals surface area contributed by atoms with Gasteiger partial charge in [0.05, 0.1) is 28.0 Å². The van der Waals surface area contributed by atoms with Crippen LogP contribution in [-0.4, -0.2) is 91.8 Å². The van der Waals surface area contributed by atoms with Crippen LogP contribution in [-0.2, 0) is 45.8 Å². The summed E-state index contributed by atoms with van der Waals surface area (Å²) >= 11 is 3.18. The largest absolute Gasteiger partial charge is 2.00 e. The van der Waals surface area contributed by atoms with Crippen molar-refractivity contribution in [1.29, 1.82) is 0 Å². The molecule has 412 valence electrons. The molecule has 7 nitrogen and oxygen atoms in total. The molecule has 7 aromatic rings. The summed E-state index contributed by atoms with van der Waals surface area (Å²) in [5, 5.41) is 0. The molecule has 0 aromatic heterocycles. The van der Waals surface area contributed by atoms with Crippen molar-refractivity contribution in [3.8, 4) is 0 Å². The van der Waals surface area contributed by atoms with E-state index in [1.54, 1.807) is 12.1 Å². The van der Waals surface area contributed by atoms with Gasteiger partial charge in [0, 0.05) is 68.6 Å². The maximum atomic E-state index is 13.6. The molecule has 0 spiro atoms. The number of hydrogen-bond donors (Lipinski definition) is 0. The summed E-state index contributed by atoms with van der Waals surface area (Å²) in [6.45, 7) is 5.48. The standard InChI is InChI=1S/C18H10F5S.C12H6F4OS.C6H4BrF.C6H4F.C4H12O3SSi.CHF3O3S.BrH.2Mg.2H/c19-11-1-3-16(4-2-11)24(17-7-12(20)5-13(21)8-17)18-9-14(22)6-15(23)10-18;13-7-1-8(14)4-11(3-7)18(17)12-5-9(15)2-10(16)6-12;7-5-1-3-6(8)4-2-5;7-6-4-2-1-3-5-6;1-8(5,6)7-9(2,3)4;2-1(3,4)8(5,6)7;;;;;/h1-10H;1-6H;1-4H;2-5H;1-4H3;(H,5,6,7);1H;;;;/q+1;;;-1;;;;2*+2;2*-1/p-2. The van der Waals surface area contributed by atoms with Crippen LogP contribution in [0.2, 0.25) is 19.6 Å². The third-order valence-electron chi connectivity index (χ3n) is 7.46. The van der Waals surface area contributed by atoms with Crippen LogP contribution in [0, 0.1) is 70.1 Å². The molecule has 0 amide bonds. The molecule has 0 saturated carbocycles. The first-order valence-electron chi connectivity index (χ1n) is 19.7. The molecule has 0 heterocycles. The SMILES string of the molecule is C[Si](C)(C)OS(C)(=O)=O.Fc1cc[c-]cc1.Fc1ccc(Br)cc1.Fc1ccc([S+](c2cc(F)cc(F)c2)c2cc(F)cc(F)c2)cc1.O=S(=O)([O-])C(F)(F)F.O=S(c1cc(F)cc(F)c1)c1cc(F)cc(F)c1.[Br-].[H-].[H-].[Mg+2].[Mg+2]. The minimum Gasteiger partial charge on any atom is -1.00 e.